The molecule has 0 radical (unpaired) electrons. The SMILES string of the molecule is C=CC1CC1(OOCC)C(=O)OCC. The lowest BCUT2D eigenvalue weighted by Crippen LogP contribution is -2.31. The van der Waals surface area contributed by atoms with Crippen LogP contribution in [-0.2, 0) is 19.3 Å². The van der Waals surface area contributed by atoms with Crippen LogP contribution in [0.15, 0.2) is 12.7 Å². The lowest BCUT2D eigenvalue weighted by molar-refractivity contribution is -0.330. The highest BCUT2D eigenvalue weighted by atomic mass is 17.2. The number of ether oxygens (including phenoxy) is 1. The van der Waals surface area contributed by atoms with Gasteiger partial charge < -0.3 is 4.74 Å². The van der Waals surface area contributed by atoms with Crippen molar-refractivity contribution >= 4 is 5.97 Å². The third kappa shape index (κ3) is 1.96. The smallest absolute Gasteiger partial charge is 0.342 e. The fourth-order valence-electron chi connectivity index (χ4n) is 1.32. The summed E-state index contributed by atoms with van der Waals surface area (Å²) < 4.78 is 4.91. The van der Waals surface area contributed by atoms with Crippen LogP contribution >= 0.6 is 0 Å². The van der Waals surface area contributed by atoms with Gasteiger partial charge in [-0.2, -0.15) is 0 Å². The van der Waals surface area contributed by atoms with Gasteiger partial charge in [0.25, 0.3) is 0 Å². The normalized spacial score (nSPS) is 29.7. The van der Waals surface area contributed by atoms with Crippen LogP contribution in [0.5, 0.6) is 0 Å². The third-order valence-electron chi connectivity index (χ3n) is 2.19. The van der Waals surface area contributed by atoms with Crippen molar-refractivity contribution in [1.29, 1.82) is 0 Å². The Morgan fingerprint density at radius 1 is 1.57 bits per heavy atom. The molecule has 2 unspecified atom stereocenters. The minimum atomic E-state index is -0.923. The second kappa shape index (κ2) is 4.57. The van der Waals surface area contributed by atoms with Gasteiger partial charge in [-0.05, 0) is 13.8 Å². The predicted molar refractivity (Wildman–Crippen MR) is 50.4 cm³/mol. The van der Waals surface area contributed by atoms with Crippen molar-refractivity contribution < 1.29 is 19.3 Å². The van der Waals surface area contributed by atoms with E-state index < -0.39 is 5.60 Å². The number of carbonyl (C=O) groups excluding carboxylic acids is 1. The van der Waals surface area contributed by atoms with Gasteiger partial charge in [0.05, 0.1) is 13.2 Å². The predicted octanol–water partition coefficient (Wildman–Crippen LogP) is 1.46. The summed E-state index contributed by atoms with van der Waals surface area (Å²) in [5.74, 6) is -0.355. The molecule has 80 valence electrons. The molecule has 4 heteroatoms. The van der Waals surface area contributed by atoms with E-state index in [-0.39, 0.29) is 11.9 Å². The van der Waals surface area contributed by atoms with Gasteiger partial charge >= 0.3 is 5.97 Å². The van der Waals surface area contributed by atoms with Crippen molar-refractivity contribution in [3.63, 3.8) is 0 Å². The fraction of sp³-hybridized carbons (Fsp3) is 0.700. The highest BCUT2D eigenvalue weighted by molar-refractivity contribution is 5.84. The molecule has 0 saturated heterocycles. The highest BCUT2D eigenvalue weighted by Crippen LogP contribution is 2.48. The summed E-state index contributed by atoms with van der Waals surface area (Å²) in [5, 5.41) is 0. The molecular weight excluding hydrogens is 184 g/mol. The van der Waals surface area contributed by atoms with Gasteiger partial charge in [-0.3, -0.25) is 0 Å². The van der Waals surface area contributed by atoms with E-state index in [0.717, 1.165) is 0 Å². The Morgan fingerprint density at radius 3 is 2.71 bits per heavy atom. The zero-order chi connectivity index (χ0) is 10.6. The Kier molecular flexibility index (Phi) is 3.66. The maximum atomic E-state index is 11.5. The van der Waals surface area contributed by atoms with Gasteiger partial charge in [0.2, 0.25) is 5.60 Å². The van der Waals surface area contributed by atoms with E-state index in [9.17, 15) is 4.79 Å². The second-order valence-electron chi connectivity index (χ2n) is 3.15. The first-order chi connectivity index (χ1) is 6.71. The molecule has 0 bridgehead atoms. The van der Waals surface area contributed by atoms with Crippen molar-refractivity contribution in [2.75, 3.05) is 13.2 Å². The molecule has 0 heterocycles. The molecule has 0 N–H and O–H groups in total. The molecule has 1 rings (SSSR count). The standard InChI is InChI=1S/C10H16O4/c1-4-8-7-10(8,14-13-6-3)9(11)12-5-2/h4,8H,1,5-7H2,2-3H3. The van der Waals surface area contributed by atoms with E-state index in [4.69, 9.17) is 14.5 Å². The summed E-state index contributed by atoms with van der Waals surface area (Å²) in [6, 6.07) is 0. The Hall–Kier alpha value is -0.870. The lowest BCUT2D eigenvalue weighted by Gasteiger charge is -2.13. The van der Waals surface area contributed by atoms with Crippen LogP contribution in [0.3, 0.4) is 0 Å². The van der Waals surface area contributed by atoms with Crippen LogP contribution in [0, 0.1) is 5.92 Å². The first-order valence-electron chi connectivity index (χ1n) is 4.81. The van der Waals surface area contributed by atoms with Gasteiger partial charge in [0.15, 0.2) is 0 Å². The number of hydrogen-bond donors (Lipinski definition) is 0. The maximum Gasteiger partial charge on any atom is 0.342 e. The summed E-state index contributed by atoms with van der Waals surface area (Å²) in [4.78, 5) is 21.4. The summed E-state index contributed by atoms with van der Waals surface area (Å²) in [5.41, 5.74) is -0.923. The van der Waals surface area contributed by atoms with Crippen LogP contribution in [0.2, 0.25) is 0 Å². The Labute approximate surface area is 83.8 Å². The van der Waals surface area contributed by atoms with E-state index in [1.54, 1.807) is 19.9 Å². The van der Waals surface area contributed by atoms with Gasteiger partial charge in [0, 0.05) is 12.3 Å². The van der Waals surface area contributed by atoms with Crippen LogP contribution in [0.25, 0.3) is 0 Å². The average Bonchev–Trinajstić information content (AvgIpc) is 2.90. The molecule has 0 aliphatic heterocycles. The number of rotatable bonds is 6. The van der Waals surface area contributed by atoms with Crippen molar-refractivity contribution in [2.24, 2.45) is 5.92 Å². The van der Waals surface area contributed by atoms with Crippen molar-refractivity contribution in [3.05, 3.63) is 12.7 Å². The number of esters is 1. The van der Waals surface area contributed by atoms with E-state index in [1.165, 1.54) is 0 Å². The number of hydrogen-bond acceptors (Lipinski definition) is 4. The van der Waals surface area contributed by atoms with Gasteiger partial charge in [0.1, 0.15) is 0 Å². The first-order valence-corrected chi connectivity index (χ1v) is 4.81. The van der Waals surface area contributed by atoms with Gasteiger partial charge in [-0.15, -0.1) is 6.58 Å². The zero-order valence-corrected chi connectivity index (χ0v) is 8.62. The minimum absolute atomic E-state index is 0.00750. The van der Waals surface area contributed by atoms with Crippen molar-refractivity contribution in [3.8, 4) is 0 Å². The van der Waals surface area contributed by atoms with Crippen LogP contribution < -0.4 is 0 Å². The van der Waals surface area contributed by atoms with E-state index in [0.29, 0.717) is 19.6 Å². The molecule has 0 aromatic rings. The Balaban J connectivity index is 2.55. The lowest BCUT2D eigenvalue weighted by atomic mass is 10.2. The second-order valence-corrected chi connectivity index (χ2v) is 3.15. The van der Waals surface area contributed by atoms with E-state index in [1.807, 2.05) is 0 Å². The fourth-order valence-corrected chi connectivity index (χ4v) is 1.32. The monoisotopic (exact) mass is 200 g/mol. The molecule has 1 aliphatic rings. The molecule has 0 aromatic carbocycles. The van der Waals surface area contributed by atoms with Crippen molar-refractivity contribution in [1.82, 2.24) is 0 Å². The average molecular weight is 200 g/mol. The molecule has 1 fully saturated rings. The van der Waals surface area contributed by atoms with Crippen LogP contribution in [-0.4, -0.2) is 24.8 Å². The molecule has 14 heavy (non-hydrogen) atoms. The van der Waals surface area contributed by atoms with Gasteiger partial charge in [-0.25, -0.2) is 14.6 Å². The van der Waals surface area contributed by atoms with Crippen LogP contribution in [0.1, 0.15) is 20.3 Å². The van der Waals surface area contributed by atoms with Crippen molar-refractivity contribution in [2.45, 2.75) is 25.9 Å². The maximum absolute atomic E-state index is 11.5. The molecule has 1 saturated carbocycles. The van der Waals surface area contributed by atoms with Crippen LogP contribution in [0.4, 0.5) is 0 Å². The topological polar surface area (TPSA) is 44.8 Å². The zero-order valence-electron chi connectivity index (χ0n) is 8.62. The number of carbonyl (C=O) groups is 1. The minimum Gasteiger partial charge on any atom is -0.464 e. The highest BCUT2D eigenvalue weighted by Gasteiger charge is 2.63. The molecule has 0 amide bonds. The summed E-state index contributed by atoms with van der Waals surface area (Å²) in [6.07, 6.45) is 2.28. The molecule has 4 nitrogen and oxygen atoms in total. The Bertz CT molecular complexity index is 226. The quantitative estimate of drug-likeness (QED) is 0.282. The molecule has 0 spiro atoms. The largest absolute Gasteiger partial charge is 0.464 e. The summed E-state index contributed by atoms with van der Waals surface area (Å²) >= 11 is 0. The summed E-state index contributed by atoms with van der Waals surface area (Å²) in [7, 11) is 0. The van der Waals surface area contributed by atoms with E-state index >= 15 is 0 Å². The summed E-state index contributed by atoms with van der Waals surface area (Å²) in [6.45, 7) is 7.94. The Morgan fingerprint density at radius 2 is 2.29 bits per heavy atom. The molecular formula is C10H16O4. The molecule has 1 aliphatic carbocycles. The molecule has 2 atom stereocenters. The van der Waals surface area contributed by atoms with Gasteiger partial charge in [-0.1, -0.05) is 6.08 Å². The van der Waals surface area contributed by atoms with E-state index in [2.05, 4.69) is 6.58 Å². The molecule has 0 aromatic heterocycles. The third-order valence-corrected chi connectivity index (χ3v) is 2.19. The first kappa shape index (κ1) is 11.2.